The fraction of sp³-hybridized carbons (Fsp3) is 0.278. The number of aromatic amines is 1. The molecule has 0 atom stereocenters. The number of aromatic nitrogens is 4. The Morgan fingerprint density at radius 2 is 1.96 bits per heavy atom. The van der Waals surface area contributed by atoms with Crippen molar-refractivity contribution in [1.29, 1.82) is 0 Å². The molecule has 0 aliphatic heterocycles. The molecule has 3 aromatic rings. The fourth-order valence-electron chi connectivity index (χ4n) is 2.46. The highest BCUT2D eigenvalue weighted by atomic mass is 32.1. The zero-order valence-electron chi connectivity index (χ0n) is 15.1. The van der Waals surface area contributed by atoms with E-state index in [9.17, 15) is 9.59 Å². The molecule has 0 aliphatic carbocycles. The highest BCUT2D eigenvalue weighted by Crippen LogP contribution is 2.30. The predicted molar refractivity (Wildman–Crippen MR) is 102 cm³/mol. The minimum atomic E-state index is -0.456. The van der Waals surface area contributed by atoms with Gasteiger partial charge >= 0.3 is 5.97 Å². The zero-order valence-corrected chi connectivity index (χ0v) is 16.0. The van der Waals surface area contributed by atoms with Crippen LogP contribution >= 0.6 is 11.3 Å². The van der Waals surface area contributed by atoms with Gasteiger partial charge in [0.05, 0.1) is 12.3 Å². The third kappa shape index (κ3) is 4.03. The number of rotatable bonds is 6. The standard InChI is InChI=1S/C18H19N5O3S/c1-4-26-17(25)15-12(10(2)3)19-18(27-15)20-16(24)14-13(21-23-22-14)11-8-6-5-7-9-11/h5-10H,4H2,1-3H3,(H,19,20,24)(H,21,22,23). The summed E-state index contributed by atoms with van der Waals surface area (Å²) in [5.41, 5.74) is 1.96. The molecular formula is C18H19N5O3S. The van der Waals surface area contributed by atoms with Crippen LogP contribution in [0.25, 0.3) is 11.3 Å². The summed E-state index contributed by atoms with van der Waals surface area (Å²) in [7, 11) is 0. The predicted octanol–water partition coefficient (Wildman–Crippen LogP) is 3.48. The average Bonchev–Trinajstić information content (AvgIpc) is 3.30. The van der Waals surface area contributed by atoms with E-state index in [4.69, 9.17) is 4.74 Å². The summed E-state index contributed by atoms with van der Waals surface area (Å²) >= 11 is 1.09. The molecule has 2 heterocycles. The molecule has 8 nitrogen and oxygen atoms in total. The van der Waals surface area contributed by atoms with Crippen LogP contribution in [-0.4, -0.2) is 38.9 Å². The molecule has 140 valence electrons. The molecule has 9 heteroatoms. The first kappa shape index (κ1) is 18.7. The number of amides is 1. The highest BCUT2D eigenvalue weighted by molar-refractivity contribution is 7.17. The number of anilines is 1. The van der Waals surface area contributed by atoms with E-state index in [-0.39, 0.29) is 18.2 Å². The molecular weight excluding hydrogens is 366 g/mol. The van der Waals surface area contributed by atoms with Crippen LogP contribution in [-0.2, 0) is 4.74 Å². The second-order valence-electron chi connectivity index (χ2n) is 5.95. The van der Waals surface area contributed by atoms with E-state index in [1.165, 1.54) is 0 Å². The van der Waals surface area contributed by atoms with E-state index in [0.29, 0.717) is 21.4 Å². The Kier molecular flexibility index (Phi) is 5.60. The first-order chi connectivity index (χ1) is 13.0. The van der Waals surface area contributed by atoms with Crippen molar-refractivity contribution in [2.75, 3.05) is 11.9 Å². The van der Waals surface area contributed by atoms with Crippen LogP contribution in [0.15, 0.2) is 30.3 Å². The number of H-pyrrole nitrogens is 1. The smallest absolute Gasteiger partial charge is 0.350 e. The average molecular weight is 385 g/mol. The summed E-state index contributed by atoms with van der Waals surface area (Å²) in [4.78, 5) is 29.6. The van der Waals surface area contributed by atoms with Gasteiger partial charge < -0.3 is 4.74 Å². The Hall–Kier alpha value is -3.07. The van der Waals surface area contributed by atoms with Crippen molar-refractivity contribution in [3.8, 4) is 11.3 Å². The van der Waals surface area contributed by atoms with Crippen LogP contribution in [0.5, 0.6) is 0 Å². The number of benzene rings is 1. The van der Waals surface area contributed by atoms with E-state index < -0.39 is 11.9 Å². The Labute approximate surface area is 160 Å². The quantitative estimate of drug-likeness (QED) is 0.629. The van der Waals surface area contributed by atoms with Crippen molar-refractivity contribution in [2.24, 2.45) is 0 Å². The maximum atomic E-state index is 12.7. The minimum absolute atomic E-state index is 0.0123. The van der Waals surface area contributed by atoms with Gasteiger partial charge in [0.2, 0.25) is 0 Å². The number of carbonyl (C=O) groups is 2. The molecule has 1 amide bonds. The molecule has 2 N–H and O–H groups in total. The third-order valence-electron chi connectivity index (χ3n) is 3.69. The number of ether oxygens (including phenoxy) is 1. The van der Waals surface area contributed by atoms with E-state index in [1.807, 2.05) is 44.2 Å². The van der Waals surface area contributed by atoms with Gasteiger partial charge in [-0.25, -0.2) is 9.78 Å². The van der Waals surface area contributed by atoms with Crippen molar-refractivity contribution in [3.05, 3.63) is 46.6 Å². The van der Waals surface area contributed by atoms with Crippen molar-refractivity contribution >= 4 is 28.3 Å². The largest absolute Gasteiger partial charge is 0.462 e. The molecule has 0 saturated carbocycles. The molecule has 0 unspecified atom stereocenters. The first-order valence-electron chi connectivity index (χ1n) is 8.46. The van der Waals surface area contributed by atoms with Crippen LogP contribution in [0, 0.1) is 0 Å². The van der Waals surface area contributed by atoms with Gasteiger partial charge in [0.25, 0.3) is 5.91 Å². The van der Waals surface area contributed by atoms with E-state index in [0.717, 1.165) is 16.9 Å². The van der Waals surface area contributed by atoms with Gasteiger partial charge in [0.1, 0.15) is 10.6 Å². The van der Waals surface area contributed by atoms with Crippen LogP contribution in [0.2, 0.25) is 0 Å². The molecule has 1 aromatic carbocycles. The SMILES string of the molecule is CCOC(=O)c1sc(NC(=O)c2n[nH]nc2-c2ccccc2)nc1C(C)C. The first-order valence-corrected chi connectivity index (χ1v) is 9.28. The number of hydrogen-bond donors (Lipinski definition) is 2. The second-order valence-corrected chi connectivity index (χ2v) is 6.95. The zero-order chi connectivity index (χ0) is 19.4. The molecule has 0 saturated heterocycles. The lowest BCUT2D eigenvalue weighted by Gasteiger charge is -2.03. The summed E-state index contributed by atoms with van der Waals surface area (Å²) < 4.78 is 5.08. The number of esters is 1. The highest BCUT2D eigenvalue weighted by Gasteiger charge is 2.24. The van der Waals surface area contributed by atoms with Gasteiger partial charge in [0, 0.05) is 5.56 Å². The number of thiazole rings is 1. The molecule has 2 aromatic heterocycles. The van der Waals surface area contributed by atoms with Crippen molar-refractivity contribution in [2.45, 2.75) is 26.7 Å². The topological polar surface area (TPSA) is 110 Å². The third-order valence-corrected chi connectivity index (χ3v) is 4.66. The minimum Gasteiger partial charge on any atom is -0.462 e. The lowest BCUT2D eigenvalue weighted by molar-refractivity contribution is 0.0530. The number of nitrogens with zero attached hydrogens (tertiary/aromatic N) is 3. The summed E-state index contributed by atoms with van der Waals surface area (Å²) in [6, 6.07) is 9.27. The summed E-state index contributed by atoms with van der Waals surface area (Å²) in [5, 5.41) is 13.5. The Morgan fingerprint density at radius 1 is 1.22 bits per heavy atom. The van der Waals surface area contributed by atoms with Gasteiger partial charge in [-0.3, -0.25) is 10.1 Å². The van der Waals surface area contributed by atoms with Crippen LogP contribution in [0.4, 0.5) is 5.13 Å². The number of nitrogens with one attached hydrogen (secondary N) is 2. The fourth-order valence-corrected chi connectivity index (χ4v) is 3.47. The monoisotopic (exact) mass is 385 g/mol. The normalized spacial score (nSPS) is 10.8. The van der Waals surface area contributed by atoms with E-state index in [2.05, 4.69) is 25.7 Å². The lowest BCUT2D eigenvalue weighted by atomic mass is 10.1. The van der Waals surface area contributed by atoms with Gasteiger partial charge in [-0.1, -0.05) is 55.5 Å². The molecule has 27 heavy (non-hydrogen) atoms. The summed E-state index contributed by atoms with van der Waals surface area (Å²) in [6.45, 7) is 5.87. The molecule has 0 radical (unpaired) electrons. The number of carbonyl (C=O) groups excluding carboxylic acids is 2. The molecule has 0 spiro atoms. The maximum Gasteiger partial charge on any atom is 0.350 e. The van der Waals surface area contributed by atoms with E-state index >= 15 is 0 Å². The number of hydrogen-bond acceptors (Lipinski definition) is 7. The summed E-state index contributed by atoms with van der Waals surface area (Å²) in [5.74, 6) is -0.883. The summed E-state index contributed by atoms with van der Waals surface area (Å²) in [6.07, 6.45) is 0. The van der Waals surface area contributed by atoms with Crippen molar-refractivity contribution in [3.63, 3.8) is 0 Å². The van der Waals surface area contributed by atoms with Crippen LogP contribution in [0.1, 0.15) is 52.5 Å². The molecule has 3 rings (SSSR count). The van der Waals surface area contributed by atoms with Gasteiger partial charge in [-0.2, -0.15) is 15.4 Å². The van der Waals surface area contributed by atoms with Crippen LogP contribution in [0.3, 0.4) is 0 Å². The molecule has 0 bridgehead atoms. The Balaban J connectivity index is 1.86. The Bertz CT molecular complexity index is 949. The Morgan fingerprint density at radius 3 is 2.63 bits per heavy atom. The van der Waals surface area contributed by atoms with Gasteiger partial charge in [-0.15, -0.1) is 0 Å². The lowest BCUT2D eigenvalue weighted by Crippen LogP contribution is -2.13. The molecule has 0 aliphatic rings. The van der Waals surface area contributed by atoms with E-state index in [1.54, 1.807) is 6.92 Å². The van der Waals surface area contributed by atoms with Gasteiger partial charge in [-0.05, 0) is 12.8 Å². The van der Waals surface area contributed by atoms with Crippen LogP contribution < -0.4 is 5.32 Å². The van der Waals surface area contributed by atoms with Gasteiger partial charge in [0.15, 0.2) is 10.8 Å². The van der Waals surface area contributed by atoms with Crippen molar-refractivity contribution < 1.29 is 14.3 Å². The molecule has 0 fully saturated rings. The van der Waals surface area contributed by atoms with Crippen molar-refractivity contribution in [1.82, 2.24) is 20.4 Å². The maximum absolute atomic E-state index is 12.7. The second kappa shape index (κ2) is 8.09.